The molecule has 1 unspecified atom stereocenters. The Hall–Kier alpha value is -0.620. The fourth-order valence-corrected chi connectivity index (χ4v) is 2.18. The van der Waals surface area contributed by atoms with E-state index < -0.39 is 0 Å². The van der Waals surface area contributed by atoms with Crippen molar-refractivity contribution >= 4 is 15.9 Å². The zero-order valence-electron chi connectivity index (χ0n) is 10.5. The van der Waals surface area contributed by atoms with E-state index in [0.29, 0.717) is 6.42 Å². The molecule has 1 aromatic carbocycles. The monoisotopic (exact) mass is 317 g/mol. The number of aliphatic hydroxyl groups is 2. The van der Waals surface area contributed by atoms with E-state index in [2.05, 4.69) is 21.2 Å². The lowest BCUT2D eigenvalue weighted by atomic mass is 10.1. The first-order valence-corrected chi connectivity index (χ1v) is 6.78. The first-order chi connectivity index (χ1) is 8.71. The van der Waals surface area contributed by atoms with E-state index in [-0.39, 0.29) is 19.3 Å². The van der Waals surface area contributed by atoms with Crippen LogP contribution < -0.4 is 10.1 Å². The molecular formula is C13H20BrNO3. The second-order valence-corrected chi connectivity index (χ2v) is 4.97. The third-order valence-electron chi connectivity index (χ3n) is 2.77. The Kier molecular flexibility index (Phi) is 7.27. The van der Waals surface area contributed by atoms with Crippen molar-refractivity contribution in [2.45, 2.75) is 18.9 Å². The summed E-state index contributed by atoms with van der Waals surface area (Å²) in [4.78, 5) is 0. The highest BCUT2D eigenvalue weighted by molar-refractivity contribution is 9.10. The number of hydrogen-bond acceptors (Lipinski definition) is 4. The van der Waals surface area contributed by atoms with Gasteiger partial charge in [-0.15, -0.1) is 0 Å². The Labute approximate surface area is 116 Å². The largest absolute Gasteiger partial charge is 0.496 e. The second-order valence-electron chi connectivity index (χ2n) is 4.05. The number of nitrogens with one attached hydrogen (secondary N) is 1. The number of benzene rings is 1. The molecule has 0 amide bonds. The van der Waals surface area contributed by atoms with Gasteiger partial charge in [0.15, 0.2) is 0 Å². The van der Waals surface area contributed by atoms with Crippen LogP contribution in [0.25, 0.3) is 0 Å². The highest BCUT2D eigenvalue weighted by atomic mass is 79.9. The van der Waals surface area contributed by atoms with E-state index in [1.807, 2.05) is 18.2 Å². The van der Waals surface area contributed by atoms with Crippen molar-refractivity contribution in [3.63, 3.8) is 0 Å². The summed E-state index contributed by atoms with van der Waals surface area (Å²) in [6.45, 7) is 0.854. The molecule has 0 heterocycles. The van der Waals surface area contributed by atoms with Crippen molar-refractivity contribution in [1.82, 2.24) is 5.32 Å². The maximum absolute atomic E-state index is 9.09. The van der Waals surface area contributed by atoms with Crippen LogP contribution >= 0.6 is 15.9 Å². The number of methoxy groups -OCH3 is 1. The Morgan fingerprint density at radius 1 is 1.39 bits per heavy atom. The van der Waals surface area contributed by atoms with Crippen LogP contribution in [-0.4, -0.2) is 43.1 Å². The maximum Gasteiger partial charge on any atom is 0.122 e. The summed E-state index contributed by atoms with van der Waals surface area (Å²) >= 11 is 3.44. The molecular weight excluding hydrogens is 298 g/mol. The van der Waals surface area contributed by atoms with Crippen LogP contribution in [0, 0.1) is 0 Å². The van der Waals surface area contributed by atoms with Gasteiger partial charge in [0.1, 0.15) is 5.75 Å². The SMILES string of the molecule is COc1ccc(Br)cc1CCNC(CO)CCO. The number of ether oxygens (including phenoxy) is 1. The summed E-state index contributed by atoms with van der Waals surface area (Å²) < 4.78 is 6.31. The van der Waals surface area contributed by atoms with Crippen molar-refractivity contribution in [3.8, 4) is 5.75 Å². The molecule has 0 aliphatic carbocycles. The predicted octanol–water partition coefficient (Wildman–Crippen LogP) is 1.33. The van der Waals surface area contributed by atoms with Gasteiger partial charge in [0.05, 0.1) is 13.7 Å². The minimum Gasteiger partial charge on any atom is -0.496 e. The highest BCUT2D eigenvalue weighted by Gasteiger charge is 2.07. The van der Waals surface area contributed by atoms with Crippen molar-refractivity contribution < 1.29 is 14.9 Å². The van der Waals surface area contributed by atoms with Crippen molar-refractivity contribution in [2.75, 3.05) is 26.9 Å². The molecule has 1 aromatic rings. The molecule has 0 aromatic heterocycles. The van der Waals surface area contributed by atoms with Gasteiger partial charge in [-0.1, -0.05) is 15.9 Å². The fraction of sp³-hybridized carbons (Fsp3) is 0.538. The normalized spacial score (nSPS) is 12.4. The van der Waals surface area contributed by atoms with E-state index in [1.165, 1.54) is 0 Å². The maximum atomic E-state index is 9.09. The van der Waals surface area contributed by atoms with E-state index in [4.69, 9.17) is 14.9 Å². The Morgan fingerprint density at radius 3 is 2.78 bits per heavy atom. The Bertz CT molecular complexity index is 360. The summed E-state index contributed by atoms with van der Waals surface area (Å²) in [6, 6.07) is 5.85. The standard InChI is InChI=1S/C13H20BrNO3/c1-18-13-3-2-11(14)8-10(13)4-6-15-12(9-17)5-7-16/h2-3,8,12,15-17H,4-7,9H2,1H3. The molecule has 0 saturated carbocycles. The number of aliphatic hydroxyl groups excluding tert-OH is 2. The van der Waals surface area contributed by atoms with Crippen LogP contribution in [0.3, 0.4) is 0 Å². The number of rotatable bonds is 8. The third kappa shape index (κ3) is 4.94. The molecule has 1 rings (SSSR count). The molecule has 5 heteroatoms. The van der Waals surface area contributed by atoms with Crippen molar-refractivity contribution in [1.29, 1.82) is 0 Å². The van der Waals surface area contributed by atoms with Gasteiger partial charge in [-0.25, -0.2) is 0 Å². The van der Waals surface area contributed by atoms with E-state index >= 15 is 0 Å². The lowest BCUT2D eigenvalue weighted by Gasteiger charge is -2.15. The predicted molar refractivity (Wildman–Crippen MR) is 75.0 cm³/mol. The Balaban J connectivity index is 2.49. The number of halogens is 1. The van der Waals surface area contributed by atoms with Gasteiger partial charge < -0.3 is 20.3 Å². The number of hydrogen-bond donors (Lipinski definition) is 3. The Morgan fingerprint density at radius 2 is 2.17 bits per heavy atom. The van der Waals surface area contributed by atoms with Gasteiger partial charge in [-0.3, -0.25) is 0 Å². The van der Waals surface area contributed by atoms with Gasteiger partial charge >= 0.3 is 0 Å². The minimum atomic E-state index is -0.0480. The molecule has 3 N–H and O–H groups in total. The fourth-order valence-electron chi connectivity index (χ4n) is 1.77. The molecule has 0 saturated heterocycles. The first-order valence-electron chi connectivity index (χ1n) is 5.98. The van der Waals surface area contributed by atoms with E-state index in [0.717, 1.165) is 28.8 Å². The van der Waals surface area contributed by atoms with Crippen molar-refractivity contribution in [3.05, 3.63) is 28.2 Å². The average molecular weight is 318 g/mol. The van der Waals surface area contributed by atoms with Gasteiger partial charge in [-0.2, -0.15) is 0 Å². The summed E-state index contributed by atoms with van der Waals surface area (Å²) in [5.41, 5.74) is 1.11. The van der Waals surface area contributed by atoms with Crippen LogP contribution in [-0.2, 0) is 6.42 Å². The smallest absolute Gasteiger partial charge is 0.122 e. The molecule has 0 aliphatic rings. The van der Waals surface area contributed by atoms with Gasteiger partial charge in [0.25, 0.3) is 0 Å². The summed E-state index contributed by atoms with van der Waals surface area (Å²) in [6.07, 6.45) is 1.37. The molecule has 4 nitrogen and oxygen atoms in total. The summed E-state index contributed by atoms with van der Waals surface area (Å²) in [7, 11) is 1.66. The zero-order chi connectivity index (χ0) is 13.4. The first kappa shape index (κ1) is 15.4. The van der Waals surface area contributed by atoms with Crippen molar-refractivity contribution in [2.24, 2.45) is 0 Å². The third-order valence-corrected chi connectivity index (χ3v) is 3.26. The molecule has 0 radical (unpaired) electrons. The van der Waals surface area contributed by atoms with Gasteiger partial charge in [0, 0.05) is 17.1 Å². The lowest BCUT2D eigenvalue weighted by molar-refractivity contribution is 0.201. The van der Waals surface area contributed by atoms with E-state index in [9.17, 15) is 0 Å². The summed E-state index contributed by atoms with van der Waals surface area (Å²) in [5.74, 6) is 0.864. The highest BCUT2D eigenvalue weighted by Crippen LogP contribution is 2.23. The summed E-state index contributed by atoms with van der Waals surface area (Å²) in [5, 5.41) is 21.1. The second kappa shape index (κ2) is 8.48. The zero-order valence-corrected chi connectivity index (χ0v) is 12.1. The molecule has 0 fully saturated rings. The lowest BCUT2D eigenvalue weighted by Crippen LogP contribution is -2.34. The van der Waals surface area contributed by atoms with Crippen LogP contribution in [0.1, 0.15) is 12.0 Å². The van der Waals surface area contributed by atoms with Crippen LogP contribution in [0.4, 0.5) is 0 Å². The average Bonchev–Trinajstić information content (AvgIpc) is 2.38. The molecule has 0 spiro atoms. The molecule has 1 atom stereocenters. The molecule has 0 bridgehead atoms. The van der Waals surface area contributed by atoms with Crippen LogP contribution in [0.2, 0.25) is 0 Å². The topological polar surface area (TPSA) is 61.7 Å². The van der Waals surface area contributed by atoms with Gasteiger partial charge in [0.2, 0.25) is 0 Å². The van der Waals surface area contributed by atoms with Crippen LogP contribution in [0.15, 0.2) is 22.7 Å². The molecule has 102 valence electrons. The minimum absolute atomic E-state index is 0.0379. The van der Waals surface area contributed by atoms with Crippen LogP contribution in [0.5, 0.6) is 5.75 Å². The quantitative estimate of drug-likeness (QED) is 0.677. The molecule has 0 aliphatic heterocycles. The van der Waals surface area contributed by atoms with E-state index in [1.54, 1.807) is 7.11 Å². The van der Waals surface area contributed by atoms with Gasteiger partial charge in [-0.05, 0) is 43.1 Å². The molecule has 18 heavy (non-hydrogen) atoms.